The Kier molecular flexibility index (Phi) is 5.85. The van der Waals surface area contributed by atoms with E-state index in [1.807, 2.05) is 0 Å². The van der Waals surface area contributed by atoms with E-state index in [0.29, 0.717) is 17.9 Å². The van der Waals surface area contributed by atoms with Gasteiger partial charge >= 0.3 is 0 Å². The number of nitrogens with two attached hydrogens (primary N) is 1. The van der Waals surface area contributed by atoms with Crippen LogP contribution in [-0.2, 0) is 4.79 Å². The van der Waals surface area contributed by atoms with Gasteiger partial charge < -0.3 is 16.0 Å². The summed E-state index contributed by atoms with van der Waals surface area (Å²) < 4.78 is 0. The Balaban J connectivity index is 1.70. The lowest BCUT2D eigenvalue weighted by molar-refractivity contribution is -0.127. The molecule has 3 atom stereocenters. The number of hydrogen-bond acceptors (Lipinski definition) is 3. The summed E-state index contributed by atoms with van der Waals surface area (Å²) in [5.41, 5.74) is 5.97. The van der Waals surface area contributed by atoms with Crippen LogP contribution in [0.2, 0.25) is 0 Å². The van der Waals surface area contributed by atoms with E-state index in [4.69, 9.17) is 5.73 Å². The van der Waals surface area contributed by atoms with Gasteiger partial charge in [0.2, 0.25) is 5.91 Å². The van der Waals surface area contributed by atoms with Crippen molar-refractivity contribution in [3.8, 4) is 0 Å². The van der Waals surface area contributed by atoms with Gasteiger partial charge in [-0.2, -0.15) is 0 Å². The van der Waals surface area contributed by atoms with Crippen LogP contribution in [0, 0.1) is 17.8 Å². The fourth-order valence-electron chi connectivity index (χ4n) is 3.71. The first-order valence-corrected chi connectivity index (χ1v) is 8.35. The van der Waals surface area contributed by atoms with Crippen LogP contribution >= 0.6 is 0 Å². The normalized spacial score (nSPS) is 33.0. The van der Waals surface area contributed by atoms with Gasteiger partial charge in [-0.25, -0.2) is 0 Å². The third-order valence-corrected chi connectivity index (χ3v) is 5.27. The average molecular weight is 281 g/mol. The minimum absolute atomic E-state index is 0.186. The minimum Gasteiger partial charge on any atom is -0.356 e. The number of hydrogen-bond donors (Lipinski definition) is 2. The van der Waals surface area contributed by atoms with Crippen LogP contribution in [0.3, 0.4) is 0 Å². The Morgan fingerprint density at radius 3 is 2.55 bits per heavy atom. The van der Waals surface area contributed by atoms with E-state index in [9.17, 15) is 4.79 Å². The summed E-state index contributed by atoms with van der Waals surface area (Å²) in [6, 6.07) is 0.299. The van der Waals surface area contributed by atoms with Crippen molar-refractivity contribution in [2.75, 3.05) is 26.2 Å². The summed E-state index contributed by atoms with van der Waals surface area (Å²) in [6.45, 7) is 8.78. The molecule has 1 aliphatic carbocycles. The molecule has 1 amide bonds. The highest BCUT2D eigenvalue weighted by Crippen LogP contribution is 2.29. The first kappa shape index (κ1) is 15.8. The molecule has 2 aliphatic rings. The van der Waals surface area contributed by atoms with Crippen molar-refractivity contribution >= 4 is 5.91 Å². The maximum absolute atomic E-state index is 12.3. The van der Waals surface area contributed by atoms with Crippen molar-refractivity contribution in [3.05, 3.63) is 0 Å². The van der Waals surface area contributed by atoms with E-state index < -0.39 is 0 Å². The van der Waals surface area contributed by atoms with Crippen LogP contribution in [0.1, 0.15) is 46.0 Å². The molecule has 1 saturated carbocycles. The lowest BCUT2D eigenvalue weighted by Gasteiger charge is -2.33. The van der Waals surface area contributed by atoms with Crippen LogP contribution < -0.4 is 11.1 Å². The molecule has 0 aromatic rings. The summed E-state index contributed by atoms with van der Waals surface area (Å²) in [5, 5.41) is 3.20. The summed E-state index contributed by atoms with van der Waals surface area (Å²) in [5.74, 6) is 1.55. The number of nitrogens with zero attached hydrogens (tertiary/aromatic N) is 1. The SMILES string of the molecule is CCN1CCC(CNC(=O)C2CCC(N)CC2C)CC1. The Morgan fingerprint density at radius 1 is 1.25 bits per heavy atom. The lowest BCUT2D eigenvalue weighted by Crippen LogP contribution is -2.43. The predicted molar refractivity (Wildman–Crippen MR) is 82.3 cm³/mol. The molecule has 2 rings (SSSR count). The van der Waals surface area contributed by atoms with Crippen LogP contribution in [0.15, 0.2) is 0 Å². The van der Waals surface area contributed by atoms with Crippen molar-refractivity contribution in [2.45, 2.75) is 52.0 Å². The second kappa shape index (κ2) is 7.41. The molecule has 0 aromatic heterocycles. The van der Waals surface area contributed by atoms with Crippen molar-refractivity contribution in [1.82, 2.24) is 10.2 Å². The molecule has 3 N–H and O–H groups in total. The van der Waals surface area contributed by atoms with Gasteiger partial charge in [-0.1, -0.05) is 13.8 Å². The second-order valence-electron chi connectivity index (χ2n) is 6.78. The average Bonchev–Trinajstić information content (AvgIpc) is 2.45. The van der Waals surface area contributed by atoms with Crippen LogP contribution in [0.25, 0.3) is 0 Å². The van der Waals surface area contributed by atoms with Crippen LogP contribution in [0.4, 0.5) is 0 Å². The Morgan fingerprint density at radius 2 is 1.95 bits per heavy atom. The number of piperidine rings is 1. The molecule has 0 spiro atoms. The standard InChI is InChI=1S/C16H31N3O/c1-3-19-8-6-13(7-9-19)11-18-16(20)15-5-4-14(17)10-12(15)2/h12-15H,3-11,17H2,1-2H3,(H,18,20). The highest BCUT2D eigenvalue weighted by atomic mass is 16.1. The van der Waals surface area contributed by atoms with Gasteiger partial charge in [0.25, 0.3) is 0 Å². The zero-order valence-electron chi connectivity index (χ0n) is 13.1. The van der Waals surface area contributed by atoms with E-state index in [1.165, 1.54) is 25.9 Å². The Bertz CT molecular complexity index is 313. The Labute approximate surface area is 123 Å². The Hall–Kier alpha value is -0.610. The van der Waals surface area contributed by atoms with Gasteiger partial charge in [-0.15, -0.1) is 0 Å². The molecular weight excluding hydrogens is 250 g/mol. The smallest absolute Gasteiger partial charge is 0.223 e. The molecule has 2 fully saturated rings. The second-order valence-corrected chi connectivity index (χ2v) is 6.78. The molecular formula is C16H31N3O. The number of nitrogens with one attached hydrogen (secondary N) is 1. The van der Waals surface area contributed by atoms with Gasteiger partial charge in [0.1, 0.15) is 0 Å². The van der Waals surface area contributed by atoms with Crippen LogP contribution in [-0.4, -0.2) is 43.0 Å². The number of amides is 1. The fraction of sp³-hybridized carbons (Fsp3) is 0.938. The number of carbonyl (C=O) groups excluding carboxylic acids is 1. The van der Waals surface area contributed by atoms with E-state index in [-0.39, 0.29) is 11.8 Å². The quantitative estimate of drug-likeness (QED) is 0.823. The molecule has 0 radical (unpaired) electrons. The van der Waals surface area contributed by atoms with E-state index in [1.54, 1.807) is 0 Å². The monoisotopic (exact) mass is 281 g/mol. The van der Waals surface area contributed by atoms with Crippen molar-refractivity contribution in [2.24, 2.45) is 23.5 Å². The molecule has 1 aliphatic heterocycles. The largest absolute Gasteiger partial charge is 0.356 e. The summed E-state index contributed by atoms with van der Waals surface area (Å²) in [6.07, 6.45) is 5.39. The number of rotatable bonds is 4. The highest BCUT2D eigenvalue weighted by Gasteiger charge is 2.31. The topological polar surface area (TPSA) is 58.4 Å². The lowest BCUT2D eigenvalue weighted by atomic mass is 9.77. The van der Waals surface area contributed by atoms with Crippen molar-refractivity contribution in [1.29, 1.82) is 0 Å². The third kappa shape index (κ3) is 4.19. The fourth-order valence-corrected chi connectivity index (χ4v) is 3.71. The van der Waals surface area contributed by atoms with Crippen molar-refractivity contribution in [3.63, 3.8) is 0 Å². The van der Waals surface area contributed by atoms with E-state index in [2.05, 4.69) is 24.1 Å². The van der Waals surface area contributed by atoms with Gasteiger partial charge in [-0.3, -0.25) is 4.79 Å². The maximum Gasteiger partial charge on any atom is 0.223 e. The zero-order valence-corrected chi connectivity index (χ0v) is 13.1. The molecule has 1 saturated heterocycles. The predicted octanol–water partition coefficient (Wildman–Crippen LogP) is 1.60. The molecule has 116 valence electrons. The highest BCUT2D eigenvalue weighted by molar-refractivity contribution is 5.79. The molecule has 4 heteroatoms. The third-order valence-electron chi connectivity index (χ3n) is 5.27. The molecule has 4 nitrogen and oxygen atoms in total. The first-order valence-electron chi connectivity index (χ1n) is 8.35. The molecule has 0 bridgehead atoms. The van der Waals surface area contributed by atoms with Gasteiger partial charge in [0.05, 0.1) is 0 Å². The molecule has 20 heavy (non-hydrogen) atoms. The summed E-state index contributed by atoms with van der Waals surface area (Å²) in [4.78, 5) is 14.8. The number of likely N-dealkylation sites (tertiary alicyclic amines) is 1. The van der Waals surface area contributed by atoms with Crippen LogP contribution in [0.5, 0.6) is 0 Å². The number of carbonyl (C=O) groups is 1. The molecule has 3 unspecified atom stereocenters. The van der Waals surface area contributed by atoms with Crippen molar-refractivity contribution < 1.29 is 4.79 Å². The summed E-state index contributed by atoms with van der Waals surface area (Å²) >= 11 is 0. The van der Waals surface area contributed by atoms with Gasteiger partial charge in [0, 0.05) is 18.5 Å². The zero-order chi connectivity index (χ0) is 14.5. The first-order chi connectivity index (χ1) is 9.60. The minimum atomic E-state index is 0.186. The van der Waals surface area contributed by atoms with E-state index in [0.717, 1.165) is 32.4 Å². The maximum atomic E-state index is 12.3. The van der Waals surface area contributed by atoms with Gasteiger partial charge in [-0.05, 0) is 63.6 Å². The molecule has 1 heterocycles. The van der Waals surface area contributed by atoms with E-state index >= 15 is 0 Å². The molecule has 0 aromatic carbocycles. The van der Waals surface area contributed by atoms with Gasteiger partial charge in [0.15, 0.2) is 0 Å². The summed E-state index contributed by atoms with van der Waals surface area (Å²) in [7, 11) is 0.